The molecule has 0 aromatic rings. The number of nitrogens with zero attached hydrogens (tertiary/aromatic N) is 5. The first-order chi connectivity index (χ1) is 27.2. The third kappa shape index (κ3) is 10.5. The molecule has 0 spiro atoms. The van der Waals surface area contributed by atoms with E-state index in [4.69, 9.17) is 11.5 Å². The molecular weight excluding hydrogens is 734 g/mol. The Labute approximate surface area is 336 Å². The molecular formula is C39H65N11O7. The maximum absolute atomic E-state index is 14.3. The Kier molecular flexibility index (Phi) is 15.1. The number of guanidine groups is 1. The summed E-state index contributed by atoms with van der Waals surface area (Å²) in [7, 11) is 0. The Morgan fingerprint density at radius 2 is 1.16 bits per heavy atom. The lowest BCUT2D eigenvalue weighted by Gasteiger charge is -2.35. The number of carbonyl (C=O) groups is 7. The van der Waals surface area contributed by atoms with Crippen molar-refractivity contribution in [1.82, 2.24) is 40.9 Å². The average Bonchev–Trinajstić information content (AvgIpc) is 4.02. The maximum atomic E-state index is 14.3. The zero-order valence-corrected chi connectivity index (χ0v) is 34.2. The molecule has 57 heavy (non-hydrogen) atoms. The zero-order valence-electron chi connectivity index (χ0n) is 34.2. The first kappa shape index (κ1) is 43.6. The quantitative estimate of drug-likeness (QED) is 0.0664. The number of likely N-dealkylation sites (tertiary alicyclic amines) is 4. The van der Waals surface area contributed by atoms with Gasteiger partial charge >= 0.3 is 0 Å². The molecule has 5 saturated heterocycles. The molecule has 5 aliphatic rings. The maximum Gasteiger partial charge on any atom is 0.246 e. The third-order valence-corrected chi connectivity index (χ3v) is 11.9. The number of aliphatic imine (C=N–C) groups is 1. The highest BCUT2D eigenvalue weighted by Gasteiger charge is 2.47. The van der Waals surface area contributed by atoms with Crippen LogP contribution < -0.4 is 32.7 Å². The average molecular weight is 800 g/mol. The molecule has 0 aromatic carbocycles. The predicted octanol–water partition coefficient (Wildman–Crippen LogP) is -1.09. The second-order valence-corrected chi connectivity index (χ2v) is 16.8. The molecule has 7 atom stereocenters. The van der Waals surface area contributed by atoms with Crippen molar-refractivity contribution < 1.29 is 33.6 Å². The minimum atomic E-state index is -0.946. The lowest BCUT2D eigenvalue weighted by atomic mass is 10.0. The molecule has 0 radical (unpaired) electrons. The van der Waals surface area contributed by atoms with Crippen molar-refractivity contribution in [3.63, 3.8) is 0 Å². The summed E-state index contributed by atoms with van der Waals surface area (Å²) in [6.45, 7) is 9.94. The van der Waals surface area contributed by atoms with Crippen molar-refractivity contribution in [3.05, 3.63) is 0 Å². The van der Waals surface area contributed by atoms with E-state index in [0.29, 0.717) is 84.0 Å². The van der Waals surface area contributed by atoms with Crippen molar-refractivity contribution in [2.45, 2.75) is 153 Å². The molecule has 5 aliphatic heterocycles. The Balaban J connectivity index is 1.22. The number of carbonyl (C=O) groups excluding carboxylic acids is 7. The lowest BCUT2D eigenvalue weighted by molar-refractivity contribution is -0.150. The van der Waals surface area contributed by atoms with Crippen molar-refractivity contribution in [2.75, 3.05) is 39.3 Å². The Morgan fingerprint density at radius 1 is 0.649 bits per heavy atom. The van der Waals surface area contributed by atoms with Gasteiger partial charge in [-0.3, -0.25) is 38.6 Å². The zero-order chi connectivity index (χ0) is 41.4. The van der Waals surface area contributed by atoms with Gasteiger partial charge in [-0.15, -0.1) is 0 Å². The summed E-state index contributed by atoms with van der Waals surface area (Å²) in [5, 5.41) is 11.9. The van der Waals surface area contributed by atoms with Gasteiger partial charge in [-0.25, -0.2) is 0 Å². The second kappa shape index (κ2) is 19.8. The number of amides is 7. The van der Waals surface area contributed by atoms with Crippen molar-refractivity contribution in [2.24, 2.45) is 22.4 Å². The third-order valence-electron chi connectivity index (χ3n) is 11.9. The highest BCUT2D eigenvalue weighted by Crippen LogP contribution is 2.29. The van der Waals surface area contributed by atoms with Crippen molar-refractivity contribution >= 4 is 47.3 Å². The SMILES string of the molecule is CC(C)NC(=O)[C@H](CCCN=C(N)N)NC(=O)[C@@H]1CCCN1C(=O)[C@@H]1CCCN1C(=O)[C@@H](NC(=O)[C@@H]1CCCN1C(=O)[C@@H]1CCCN1C(=O)[C@@H]1CCCN1)C(C)C. The molecule has 18 nitrogen and oxygen atoms in total. The molecule has 0 aliphatic carbocycles. The summed E-state index contributed by atoms with van der Waals surface area (Å²) in [6, 6.07) is -5.23. The van der Waals surface area contributed by atoms with Gasteiger partial charge in [-0.05, 0) is 103 Å². The highest BCUT2D eigenvalue weighted by atomic mass is 16.2. The molecule has 0 bridgehead atoms. The summed E-state index contributed by atoms with van der Waals surface area (Å²) in [5.41, 5.74) is 10.9. The van der Waals surface area contributed by atoms with Gasteiger partial charge in [0, 0.05) is 38.8 Å². The summed E-state index contributed by atoms with van der Waals surface area (Å²) in [5.74, 6) is -2.58. The van der Waals surface area contributed by atoms with Crippen molar-refractivity contribution in [3.8, 4) is 0 Å². The summed E-state index contributed by atoms with van der Waals surface area (Å²) < 4.78 is 0. The minimum Gasteiger partial charge on any atom is -0.370 e. The molecule has 8 N–H and O–H groups in total. The van der Waals surface area contributed by atoms with Gasteiger partial charge in [0.05, 0.1) is 6.04 Å². The van der Waals surface area contributed by atoms with E-state index in [1.165, 1.54) is 9.80 Å². The van der Waals surface area contributed by atoms with Gasteiger partial charge in [0.1, 0.15) is 36.3 Å². The van der Waals surface area contributed by atoms with Crippen LogP contribution in [0.3, 0.4) is 0 Å². The van der Waals surface area contributed by atoms with Crippen LogP contribution in [0.4, 0.5) is 0 Å². The number of hydrogen-bond donors (Lipinski definition) is 6. The van der Waals surface area contributed by atoms with Crippen LogP contribution in [0.15, 0.2) is 4.99 Å². The Hall–Kier alpha value is -4.48. The van der Waals surface area contributed by atoms with E-state index in [1.807, 2.05) is 27.7 Å². The number of hydrogen-bond acceptors (Lipinski definition) is 9. The summed E-state index contributed by atoms with van der Waals surface area (Å²) in [6.07, 6.45) is 6.74. The second-order valence-electron chi connectivity index (χ2n) is 16.8. The first-order valence-electron chi connectivity index (χ1n) is 21.1. The molecule has 0 aromatic heterocycles. The molecule has 7 amide bonds. The number of nitrogens with two attached hydrogens (primary N) is 2. The van der Waals surface area contributed by atoms with Crippen LogP contribution in [-0.4, -0.2) is 155 Å². The predicted molar refractivity (Wildman–Crippen MR) is 212 cm³/mol. The number of rotatable bonds is 15. The fraction of sp³-hybridized carbons (Fsp3) is 0.795. The van der Waals surface area contributed by atoms with E-state index in [9.17, 15) is 33.6 Å². The van der Waals surface area contributed by atoms with E-state index in [-0.39, 0.29) is 60.0 Å². The molecule has 5 heterocycles. The largest absolute Gasteiger partial charge is 0.370 e. The summed E-state index contributed by atoms with van der Waals surface area (Å²) >= 11 is 0. The van der Waals surface area contributed by atoms with Gasteiger partial charge in [0.25, 0.3) is 0 Å². The lowest BCUT2D eigenvalue weighted by Crippen LogP contribution is -2.60. The topological polar surface area (TPSA) is 245 Å². The van der Waals surface area contributed by atoms with Crippen LogP contribution in [0.1, 0.15) is 105 Å². The normalized spacial score (nSPS) is 25.8. The van der Waals surface area contributed by atoms with Gasteiger partial charge < -0.3 is 52.3 Å². The molecule has 318 valence electrons. The molecule has 18 heteroatoms. The Bertz CT molecular complexity index is 1530. The first-order valence-corrected chi connectivity index (χ1v) is 21.1. The van der Waals surface area contributed by atoms with E-state index in [1.54, 1.807) is 9.80 Å². The van der Waals surface area contributed by atoms with E-state index >= 15 is 0 Å². The molecule has 0 unspecified atom stereocenters. The molecule has 5 fully saturated rings. The van der Waals surface area contributed by atoms with E-state index < -0.39 is 48.1 Å². The monoisotopic (exact) mass is 800 g/mol. The Morgan fingerprint density at radius 3 is 1.67 bits per heavy atom. The van der Waals surface area contributed by atoms with Crippen LogP contribution in [0.2, 0.25) is 0 Å². The van der Waals surface area contributed by atoms with Crippen LogP contribution >= 0.6 is 0 Å². The highest BCUT2D eigenvalue weighted by molar-refractivity contribution is 5.98. The molecule has 0 saturated carbocycles. The fourth-order valence-corrected chi connectivity index (χ4v) is 9.03. The van der Waals surface area contributed by atoms with Crippen molar-refractivity contribution in [1.29, 1.82) is 0 Å². The van der Waals surface area contributed by atoms with Gasteiger partial charge in [-0.1, -0.05) is 13.8 Å². The standard InChI is InChI=1S/C39H65N11O7/c1-23(2)31(46-34(53)28-14-8-20-48(28)36(55)29-15-9-21-49(29)35(54)26-12-6-17-42-26)38(57)50-22-10-16-30(50)37(56)47-19-7-13-27(47)33(52)45-25(32(51)44-24(3)4)11-5-18-43-39(40)41/h23-31,42H,5-22H2,1-4H3,(H,44,51)(H,45,52)(H,46,53)(H4,40,41,43)/t25-,26-,27-,28-,29-,30-,31-/m0/s1. The van der Waals surface area contributed by atoms with Crippen LogP contribution in [0.5, 0.6) is 0 Å². The molecule has 5 rings (SSSR count). The van der Waals surface area contributed by atoms with Gasteiger partial charge in [0.2, 0.25) is 41.4 Å². The van der Waals surface area contributed by atoms with Gasteiger partial charge in [-0.2, -0.15) is 0 Å². The van der Waals surface area contributed by atoms with Gasteiger partial charge in [0.15, 0.2) is 5.96 Å². The smallest absolute Gasteiger partial charge is 0.246 e. The summed E-state index contributed by atoms with van der Waals surface area (Å²) in [4.78, 5) is 107. The fourth-order valence-electron chi connectivity index (χ4n) is 9.03. The van der Waals surface area contributed by atoms with Crippen LogP contribution in [-0.2, 0) is 33.6 Å². The van der Waals surface area contributed by atoms with E-state index in [2.05, 4.69) is 26.3 Å². The van der Waals surface area contributed by atoms with E-state index in [0.717, 1.165) is 25.8 Å². The van der Waals surface area contributed by atoms with Crippen LogP contribution in [0.25, 0.3) is 0 Å². The minimum absolute atomic E-state index is 0.0566. The van der Waals surface area contributed by atoms with Crippen LogP contribution in [0, 0.1) is 5.92 Å². The number of nitrogens with one attached hydrogen (secondary N) is 4.